The summed E-state index contributed by atoms with van der Waals surface area (Å²) < 4.78 is 0. The number of carbonyl (C=O) groups excluding carboxylic acids is 1. The molecule has 1 heterocycles. The van der Waals surface area contributed by atoms with Crippen molar-refractivity contribution in [3.05, 3.63) is 0 Å². The highest BCUT2D eigenvalue weighted by Crippen LogP contribution is 2.59. The van der Waals surface area contributed by atoms with Gasteiger partial charge in [-0.15, -0.1) is 0 Å². The molecule has 2 fully saturated rings. The fourth-order valence-electron chi connectivity index (χ4n) is 2.34. The van der Waals surface area contributed by atoms with E-state index in [0.717, 1.165) is 6.42 Å². The molecule has 1 saturated heterocycles. The number of amides is 1. The summed E-state index contributed by atoms with van der Waals surface area (Å²) in [5.41, 5.74) is -0.436. The highest BCUT2D eigenvalue weighted by Gasteiger charge is 2.67. The lowest BCUT2D eigenvalue weighted by Gasteiger charge is -2.14. The van der Waals surface area contributed by atoms with Gasteiger partial charge in [0, 0.05) is 0 Å². The largest absolute Gasteiger partial charge is 0.481 e. The molecule has 0 bridgehead atoms. The minimum atomic E-state index is -0.891. The Kier molecular flexibility index (Phi) is 2.22. The van der Waals surface area contributed by atoms with Crippen molar-refractivity contribution in [2.75, 3.05) is 13.2 Å². The standard InChI is InChI=1S/C10H15NO4/c1-10(2)6(7(10)9(13)14)8(12)11-4-3-5-15-11/h6-7H,3-5H2,1-2H3,(H,13,14)/t6-,7+/m1/s1. The molecular formula is C10H15NO4. The molecule has 1 N–H and O–H groups in total. The molecule has 0 radical (unpaired) electrons. The number of carboxylic acid groups (broad SMARTS) is 1. The Morgan fingerprint density at radius 3 is 2.47 bits per heavy atom. The maximum absolute atomic E-state index is 11.9. The minimum absolute atomic E-state index is 0.176. The van der Waals surface area contributed by atoms with Gasteiger partial charge in [0.25, 0.3) is 5.91 Å². The first kappa shape index (κ1) is 10.4. The first-order valence-corrected chi connectivity index (χ1v) is 5.13. The first-order valence-electron chi connectivity index (χ1n) is 5.13. The SMILES string of the molecule is CC1(C)[C@H](C(=O)O)[C@@H]1C(=O)N1CCCO1. The van der Waals surface area contributed by atoms with Gasteiger partial charge >= 0.3 is 5.97 Å². The molecule has 1 saturated carbocycles. The number of hydroxylamine groups is 2. The number of hydrogen-bond donors (Lipinski definition) is 1. The predicted molar refractivity (Wildman–Crippen MR) is 50.7 cm³/mol. The van der Waals surface area contributed by atoms with Gasteiger partial charge < -0.3 is 5.11 Å². The molecular weight excluding hydrogens is 198 g/mol. The van der Waals surface area contributed by atoms with Crippen molar-refractivity contribution in [3.63, 3.8) is 0 Å². The van der Waals surface area contributed by atoms with E-state index in [2.05, 4.69) is 0 Å². The average Bonchev–Trinajstić information content (AvgIpc) is 2.57. The van der Waals surface area contributed by atoms with Crippen molar-refractivity contribution in [1.82, 2.24) is 5.06 Å². The zero-order chi connectivity index (χ0) is 11.2. The highest BCUT2D eigenvalue weighted by molar-refractivity contribution is 5.91. The van der Waals surface area contributed by atoms with Gasteiger partial charge in [0.15, 0.2) is 0 Å². The van der Waals surface area contributed by atoms with E-state index in [1.807, 2.05) is 13.8 Å². The number of hydrogen-bond acceptors (Lipinski definition) is 3. The third-order valence-electron chi connectivity index (χ3n) is 3.36. The van der Waals surface area contributed by atoms with Crippen LogP contribution < -0.4 is 0 Å². The molecule has 5 nitrogen and oxygen atoms in total. The van der Waals surface area contributed by atoms with Gasteiger partial charge in [-0.1, -0.05) is 13.8 Å². The second-order valence-corrected chi connectivity index (χ2v) is 4.74. The van der Waals surface area contributed by atoms with Gasteiger partial charge in [0.2, 0.25) is 0 Å². The Morgan fingerprint density at radius 2 is 2.07 bits per heavy atom. The molecule has 15 heavy (non-hydrogen) atoms. The third-order valence-corrected chi connectivity index (χ3v) is 3.36. The molecule has 2 rings (SSSR count). The second-order valence-electron chi connectivity index (χ2n) is 4.74. The molecule has 2 atom stereocenters. The van der Waals surface area contributed by atoms with E-state index in [1.54, 1.807) is 0 Å². The maximum atomic E-state index is 11.9. The second kappa shape index (κ2) is 3.20. The molecule has 1 amide bonds. The summed E-state index contributed by atoms with van der Waals surface area (Å²) in [7, 11) is 0. The van der Waals surface area contributed by atoms with Crippen LogP contribution in [0.3, 0.4) is 0 Å². The van der Waals surface area contributed by atoms with Crippen molar-refractivity contribution < 1.29 is 19.5 Å². The van der Waals surface area contributed by atoms with Crippen LogP contribution in [0.1, 0.15) is 20.3 Å². The lowest BCUT2D eigenvalue weighted by atomic mass is 10.1. The molecule has 1 aliphatic carbocycles. The van der Waals surface area contributed by atoms with Crippen LogP contribution in [0.25, 0.3) is 0 Å². The maximum Gasteiger partial charge on any atom is 0.307 e. The topological polar surface area (TPSA) is 66.8 Å². The highest BCUT2D eigenvalue weighted by atomic mass is 16.7. The molecule has 0 spiro atoms. The molecule has 0 aromatic rings. The van der Waals surface area contributed by atoms with E-state index in [4.69, 9.17) is 9.94 Å². The summed E-state index contributed by atoms with van der Waals surface area (Å²) in [6.45, 7) is 4.75. The predicted octanol–water partition coefficient (Wildman–Crippen LogP) is 0.507. The van der Waals surface area contributed by atoms with Gasteiger partial charge in [-0.3, -0.25) is 14.4 Å². The first-order chi connectivity index (χ1) is 6.96. The van der Waals surface area contributed by atoms with E-state index in [1.165, 1.54) is 5.06 Å². The van der Waals surface area contributed by atoms with Crippen molar-refractivity contribution in [2.24, 2.45) is 17.3 Å². The fraction of sp³-hybridized carbons (Fsp3) is 0.800. The zero-order valence-corrected chi connectivity index (χ0v) is 8.90. The molecule has 0 aromatic carbocycles. The van der Waals surface area contributed by atoms with Gasteiger partial charge in [0.1, 0.15) is 0 Å². The Hall–Kier alpha value is -1.10. The molecule has 5 heteroatoms. The van der Waals surface area contributed by atoms with Crippen LogP contribution in [0.5, 0.6) is 0 Å². The quantitative estimate of drug-likeness (QED) is 0.725. The van der Waals surface area contributed by atoms with Crippen LogP contribution in [-0.2, 0) is 14.4 Å². The summed E-state index contributed by atoms with van der Waals surface area (Å²) in [6, 6.07) is 0. The van der Waals surface area contributed by atoms with Crippen LogP contribution in [0, 0.1) is 17.3 Å². The monoisotopic (exact) mass is 213 g/mol. The van der Waals surface area contributed by atoms with Crippen LogP contribution in [-0.4, -0.2) is 35.2 Å². The van der Waals surface area contributed by atoms with Gasteiger partial charge in [-0.25, -0.2) is 5.06 Å². The van der Waals surface area contributed by atoms with Gasteiger partial charge in [-0.2, -0.15) is 0 Å². The van der Waals surface area contributed by atoms with Crippen LogP contribution in [0.4, 0.5) is 0 Å². The summed E-state index contributed by atoms with van der Waals surface area (Å²) in [6.07, 6.45) is 0.830. The summed E-state index contributed by atoms with van der Waals surface area (Å²) in [5.74, 6) is -2.05. The number of nitrogens with zero attached hydrogens (tertiary/aromatic N) is 1. The zero-order valence-electron chi connectivity index (χ0n) is 8.90. The minimum Gasteiger partial charge on any atom is -0.481 e. The molecule has 0 unspecified atom stereocenters. The number of carbonyl (C=O) groups is 2. The van der Waals surface area contributed by atoms with E-state index in [-0.39, 0.29) is 5.91 Å². The van der Waals surface area contributed by atoms with Crippen molar-refractivity contribution >= 4 is 11.9 Å². The van der Waals surface area contributed by atoms with E-state index < -0.39 is 23.2 Å². The number of carboxylic acids is 1. The van der Waals surface area contributed by atoms with Gasteiger partial charge in [-0.05, 0) is 11.8 Å². The number of rotatable bonds is 2. The van der Waals surface area contributed by atoms with Crippen molar-refractivity contribution in [2.45, 2.75) is 20.3 Å². The lowest BCUT2D eigenvalue weighted by Crippen LogP contribution is -2.29. The van der Waals surface area contributed by atoms with Crippen LogP contribution >= 0.6 is 0 Å². The molecule has 2 aliphatic rings. The lowest BCUT2D eigenvalue weighted by molar-refractivity contribution is -0.171. The normalized spacial score (nSPS) is 32.8. The Labute approximate surface area is 88.0 Å². The average molecular weight is 213 g/mol. The summed E-state index contributed by atoms with van der Waals surface area (Å²) in [4.78, 5) is 27.9. The number of aliphatic carboxylic acids is 1. The molecule has 1 aliphatic heterocycles. The molecule has 0 aromatic heterocycles. The third kappa shape index (κ3) is 1.51. The Balaban J connectivity index is 2.06. The van der Waals surface area contributed by atoms with E-state index >= 15 is 0 Å². The van der Waals surface area contributed by atoms with Crippen LogP contribution in [0.2, 0.25) is 0 Å². The Morgan fingerprint density at radius 1 is 1.40 bits per heavy atom. The summed E-state index contributed by atoms with van der Waals surface area (Å²) >= 11 is 0. The van der Waals surface area contributed by atoms with Crippen molar-refractivity contribution in [3.8, 4) is 0 Å². The van der Waals surface area contributed by atoms with E-state index in [0.29, 0.717) is 13.2 Å². The fourth-order valence-corrected chi connectivity index (χ4v) is 2.34. The van der Waals surface area contributed by atoms with Crippen LogP contribution in [0.15, 0.2) is 0 Å². The Bertz CT molecular complexity index is 307. The molecule has 84 valence electrons. The van der Waals surface area contributed by atoms with Crippen molar-refractivity contribution in [1.29, 1.82) is 0 Å². The smallest absolute Gasteiger partial charge is 0.307 e. The van der Waals surface area contributed by atoms with Gasteiger partial charge in [0.05, 0.1) is 25.0 Å². The van der Waals surface area contributed by atoms with E-state index in [9.17, 15) is 9.59 Å². The summed E-state index contributed by atoms with van der Waals surface area (Å²) in [5, 5.41) is 10.3.